The van der Waals surface area contributed by atoms with E-state index < -0.39 is 0 Å². The van der Waals surface area contributed by atoms with Crippen molar-refractivity contribution in [2.75, 3.05) is 7.05 Å². The molecule has 2 aromatic heterocycles. The van der Waals surface area contributed by atoms with Gasteiger partial charge in [0.2, 0.25) is 0 Å². The Bertz CT molecular complexity index is 582. The second kappa shape index (κ2) is 5.45. The molecule has 0 aliphatic carbocycles. The summed E-state index contributed by atoms with van der Waals surface area (Å²) in [6.07, 6.45) is 1.86. The smallest absolute Gasteiger partial charge is 0.178 e. The highest BCUT2D eigenvalue weighted by Crippen LogP contribution is 2.20. The number of pyridine rings is 1. The van der Waals surface area contributed by atoms with Gasteiger partial charge >= 0.3 is 0 Å². The first-order valence-electron chi connectivity index (χ1n) is 6.45. The molecule has 0 aliphatic heterocycles. The van der Waals surface area contributed by atoms with E-state index >= 15 is 0 Å². The van der Waals surface area contributed by atoms with Gasteiger partial charge in [-0.25, -0.2) is 9.97 Å². The zero-order valence-electron chi connectivity index (χ0n) is 12.2. The summed E-state index contributed by atoms with van der Waals surface area (Å²) in [5.41, 5.74) is 6.32. The fraction of sp³-hybridized carbons (Fsp3) is 0.400. The molecule has 0 aliphatic rings. The minimum Gasteiger partial charge on any atom is -0.316 e. The monoisotopic (exact) mass is 256 g/mol. The summed E-state index contributed by atoms with van der Waals surface area (Å²) in [6, 6.07) is 2.11. The molecule has 0 aromatic carbocycles. The minimum absolute atomic E-state index is 0.715. The molecule has 4 heteroatoms. The minimum atomic E-state index is 0.715. The number of nitrogens with one attached hydrogen (secondary N) is 1. The lowest BCUT2D eigenvalue weighted by Crippen LogP contribution is -2.12. The van der Waals surface area contributed by atoms with Gasteiger partial charge in [0.1, 0.15) is 5.69 Å². The van der Waals surface area contributed by atoms with Crippen LogP contribution in [-0.4, -0.2) is 22.0 Å². The van der Waals surface area contributed by atoms with Crippen molar-refractivity contribution in [3.8, 4) is 11.5 Å². The van der Waals surface area contributed by atoms with E-state index in [2.05, 4.69) is 26.3 Å². The maximum absolute atomic E-state index is 4.60. The summed E-state index contributed by atoms with van der Waals surface area (Å²) < 4.78 is 0. The van der Waals surface area contributed by atoms with Crippen LogP contribution in [0.3, 0.4) is 0 Å². The number of aryl methyl sites for hydroxylation is 4. The van der Waals surface area contributed by atoms with Crippen LogP contribution in [0.2, 0.25) is 0 Å². The van der Waals surface area contributed by atoms with E-state index in [-0.39, 0.29) is 0 Å². The normalized spacial score (nSPS) is 10.8. The molecule has 19 heavy (non-hydrogen) atoms. The Labute approximate surface area is 114 Å². The van der Waals surface area contributed by atoms with E-state index in [1.807, 2.05) is 40.9 Å². The Morgan fingerprint density at radius 3 is 2.21 bits per heavy atom. The molecule has 0 spiro atoms. The molecule has 0 atom stereocenters. The van der Waals surface area contributed by atoms with Crippen LogP contribution in [-0.2, 0) is 6.54 Å². The molecule has 0 saturated heterocycles. The van der Waals surface area contributed by atoms with Gasteiger partial charge in [-0.3, -0.25) is 4.98 Å². The first kappa shape index (κ1) is 13.6. The Hall–Kier alpha value is -1.81. The summed E-state index contributed by atoms with van der Waals surface area (Å²) in [7, 11) is 1.93. The molecular formula is C15H20N4. The van der Waals surface area contributed by atoms with E-state index in [1.165, 1.54) is 0 Å². The number of nitrogens with zero attached hydrogens (tertiary/aromatic N) is 3. The SMILES string of the molecule is CNCc1c(C)nc(-c2ncc(C)cc2C)nc1C. The average Bonchev–Trinajstić information content (AvgIpc) is 2.33. The van der Waals surface area contributed by atoms with Crippen molar-refractivity contribution in [1.29, 1.82) is 0 Å². The third-order valence-corrected chi connectivity index (χ3v) is 3.20. The van der Waals surface area contributed by atoms with Crippen LogP contribution < -0.4 is 5.32 Å². The maximum Gasteiger partial charge on any atom is 0.178 e. The molecule has 100 valence electrons. The van der Waals surface area contributed by atoms with E-state index in [0.717, 1.165) is 40.3 Å². The predicted molar refractivity (Wildman–Crippen MR) is 77.0 cm³/mol. The lowest BCUT2D eigenvalue weighted by molar-refractivity contribution is 0.786. The zero-order valence-corrected chi connectivity index (χ0v) is 12.2. The zero-order chi connectivity index (χ0) is 14.0. The van der Waals surface area contributed by atoms with Crippen molar-refractivity contribution in [2.24, 2.45) is 0 Å². The van der Waals surface area contributed by atoms with Crippen LogP contribution in [0.5, 0.6) is 0 Å². The number of hydrogen-bond donors (Lipinski definition) is 1. The second-order valence-corrected chi connectivity index (χ2v) is 4.91. The summed E-state index contributed by atoms with van der Waals surface area (Å²) in [5, 5.41) is 3.15. The van der Waals surface area contributed by atoms with Gasteiger partial charge in [0.05, 0.1) is 0 Å². The van der Waals surface area contributed by atoms with Gasteiger partial charge in [-0.05, 0) is 45.9 Å². The first-order chi connectivity index (χ1) is 9.02. The molecule has 0 saturated carbocycles. The molecule has 0 fully saturated rings. The Morgan fingerprint density at radius 2 is 1.68 bits per heavy atom. The third kappa shape index (κ3) is 2.79. The fourth-order valence-corrected chi connectivity index (χ4v) is 2.23. The number of rotatable bonds is 3. The van der Waals surface area contributed by atoms with Crippen molar-refractivity contribution in [1.82, 2.24) is 20.3 Å². The van der Waals surface area contributed by atoms with Crippen LogP contribution in [0.15, 0.2) is 12.3 Å². The van der Waals surface area contributed by atoms with Gasteiger partial charge in [-0.2, -0.15) is 0 Å². The van der Waals surface area contributed by atoms with E-state index in [4.69, 9.17) is 0 Å². The van der Waals surface area contributed by atoms with Gasteiger partial charge in [-0.15, -0.1) is 0 Å². The van der Waals surface area contributed by atoms with Gasteiger partial charge in [0, 0.05) is 29.7 Å². The summed E-state index contributed by atoms with van der Waals surface area (Å²) in [4.78, 5) is 13.7. The van der Waals surface area contributed by atoms with Crippen LogP contribution >= 0.6 is 0 Å². The standard InChI is InChI=1S/C15H20N4/c1-9-6-10(2)14(17-7-9)15-18-11(3)13(8-16-5)12(4)19-15/h6-7,16H,8H2,1-5H3. The largest absolute Gasteiger partial charge is 0.316 e. The highest BCUT2D eigenvalue weighted by molar-refractivity contribution is 5.55. The van der Waals surface area contributed by atoms with Crippen molar-refractivity contribution in [3.63, 3.8) is 0 Å². The van der Waals surface area contributed by atoms with Crippen LogP contribution in [0.1, 0.15) is 28.1 Å². The van der Waals surface area contributed by atoms with Crippen LogP contribution in [0.25, 0.3) is 11.5 Å². The number of hydrogen-bond acceptors (Lipinski definition) is 4. The van der Waals surface area contributed by atoms with Gasteiger partial charge in [0.25, 0.3) is 0 Å². The maximum atomic E-state index is 4.60. The lowest BCUT2D eigenvalue weighted by atomic mass is 10.1. The van der Waals surface area contributed by atoms with Crippen LogP contribution in [0.4, 0.5) is 0 Å². The third-order valence-electron chi connectivity index (χ3n) is 3.20. The van der Waals surface area contributed by atoms with Gasteiger partial charge < -0.3 is 5.32 Å². The van der Waals surface area contributed by atoms with Crippen LogP contribution in [0, 0.1) is 27.7 Å². The summed E-state index contributed by atoms with van der Waals surface area (Å²) in [6.45, 7) is 8.92. The van der Waals surface area contributed by atoms with Crippen molar-refractivity contribution in [3.05, 3.63) is 40.3 Å². The molecule has 0 bridgehead atoms. The Kier molecular flexibility index (Phi) is 3.90. The molecule has 0 amide bonds. The van der Waals surface area contributed by atoms with Gasteiger partial charge in [-0.1, -0.05) is 6.07 Å². The topological polar surface area (TPSA) is 50.7 Å². The summed E-state index contributed by atoms with van der Waals surface area (Å²) in [5.74, 6) is 0.715. The molecule has 1 N–H and O–H groups in total. The highest BCUT2D eigenvalue weighted by atomic mass is 14.9. The molecule has 0 unspecified atom stereocenters. The highest BCUT2D eigenvalue weighted by Gasteiger charge is 2.12. The molecule has 4 nitrogen and oxygen atoms in total. The molecule has 2 heterocycles. The summed E-state index contributed by atoms with van der Waals surface area (Å²) >= 11 is 0. The molecule has 0 radical (unpaired) electrons. The average molecular weight is 256 g/mol. The predicted octanol–water partition coefficient (Wildman–Crippen LogP) is 2.49. The first-order valence-corrected chi connectivity index (χ1v) is 6.45. The van der Waals surface area contributed by atoms with Gasteiger partial charge in [0.15, 0.2) is 5.82 Å². The second-order valence-electron chi connectivity index (χ2n) is 4.91. The molecular weight excluding hydrogens is 236 g/mol. The Balaban J connectivity index is 2.52. The lowest BCUT2D eigenvalue weighted by Gasteiger charge is -2.11. The van der Waals surface area contributed by atoms with Crippen molar-refractivity contribution >= 4 is 0 Å². The van der Waals surface area contributed by atoms with E-state index in [1.54, 1.807) is 0 Å². The van der Waals surface area contributed by atoms with Crippen molar-refractivity contribution in [2.45, 2.75) is 34.2 Å². The fourth-order valence-electron chi connectivity index (χ4n) is 2.23. The molecule has 2 aromatic rings. The van der Waals surface area contributed by atoms with E-state index in [9.17, 15) is 0 Å². The quantitative estimate of drug-likeness (QED) is 0.916. The Morgan fingerprint density at radius 1 is 1.05 bits per heavy atom. The van der Waals surface area contributed by atoms with Crippen molar-refractivity contribution < 1.29 is 0 Å². The molecule has 2 rings (SSSR count). The van der Waals surface area contributed by atoms with E-state index in [0.29, 0.717) is 5.82 Å². The number of aromatic nitrogens is 3.